The van der Waals surface area contributed by atoms with Crippen LogP contribution in [0.15, 0.2) is 24.5 Å². The lowest BCUT2D eigenvalue weighted by atomic mass is 9.86. The zero-order chi connectivity index (χ0) is 19.0. The maximum Gasteiger partial charge on any atom is 0.131 e. The highest BCUT2D eigenvalue weighted by molar-refractivity contribution is 7.19. The normalized spacial score (nSPS) is 15.7. The van der Waals surface area contributed by atoms with Crippen molar-refractivity contribution in [1.29, 1.82) is 0 Å². The van der Waals surface area contributed by atoms with Crippen LogP contribution >= 0.6 is 22.9 Å². The van der Waals surface area contributed by atoms with E-state index in [0.717, 1.165) is 44.3 Å². The highest BCUT2D eigenvalue weighted by Crippen LogP contribution is 2.41. The van der Waals surface area contributed by atoms with Crippen molar-refractivity contribution in [2.45, 2.75) is 45.6 Å². The van der Waals surface area contributed by atoms with E-state index in [9.17, 15) is 5.11 Å². The lowest BCUT2D eigenvalue weighted by molar-refractivity contribution is 0.177. The van der Waals surface area contributed by atoms with E-state index in [-0.39, 0.29) is 0 Å². The van der Waals surface area contributed by atoms with E-state index < -0.39 is 6.10 Å². The van der Waals surface area contributed by atoms with Crippen LogP contribution in [0.3, 0.4) is 0 Å². The number of fused-ring (bicyclic) bond motifs is 1. The number of aliphatic hydroxyl groups is 1. The lowest BCUT2D eigenvalue weighted by Crippen LogP contribution is -2.19. The van der Waals surface area contributed by atoms with Gasteiger partial charge in [-0.05, 0) is 55.9 Å². The molecular weight excluding hydrogens is 380 g/mol. The molecule has 2 heterocycles. The molecule has 142 valence electrons. The molecule has 2 aromatic heterocycles. The molecule has 0 bridgehead atoms. The van der Waals surface area contributed by atoms with Crippen LogP contribution < -0.4 is 4.74 Å². The van der Waals surface area contributed by atoms with Crippen molar-refractivity contribution in [1.82, 2.24) is 9.97 Å². The number of aliphatic hydroxyl groups excluding tert-OH is 1. The van der Waals surface area contributed by atoms with Gasteiger partial charge in [0.05, 0.1) is 28.6 Å². The second-order valence-electron chi connectivity index (χ2n) is 7.22. The minimum Gasteiger partial charge on any atom is -0.492 e. The summed E-state index contributed by atoms with van der Waals surface area (Å²) in [6.07, 6.45) is 5.53. The number of hydrogen-bond acceptors (Lipinski definition) is 5. The van der Waals surface area contributed by atoms with Gasteiger partial charge in [0.1, 0.15) is 12.1 Å². The van der Waals surface area contributed by atoms with Gasteiger partial charge in [0, 0.05) is 15.5 Å². The molecule has 27 heavy (non-hydrogen) atoms. The van der Waals surface area contributed by atoms with Crippen LogP contribution in [0.25, 0.3) is 21.5 Å². The summed E-state index contributed by atoms with van der Waals surface area (Å²) in [6, 6.07) is 5.80. The maximum absolute atomic E-state index is 10.2. The van der Waals surface area contributed by atoms with E-state index in [1.807, 2.05) is 32.0 Å². The standard InChI is InChI=1S/C21H23ClN2O2S/c1-3-17(25)18-9-16-21(27-18)19(24-11-23-16)15-8-14(22)7-12(2)20(15)26-10-13-5-4-6-13/h7-9,11,13,17,25H,3-6,10H2,1-2H3. The Kier molecular flexibility index (Phi) is 5.35. The number of aromatic nitrogens is 2. The fourth-order valence-corrected chi connectivity index (χ4v) is 4.85. The van der Waals surface area contributed by atoms with Crippen molar-refractivity contribution in [2.75, 3.05) is 6.61 Å². The topological polar surface area (TPSA) is 55.2 Å². The largest absolute Gasteiger partial charge is 0.492 e. The number of ether oxygens (including phenoxy) is 1. The van der Waals surface area contributed by atoms with E-state index in [2.05, 4.69) is 9.97 Å². The number of rotatable bonds is 6. The molecule has 1 saturated carbocycles. The Bertz CT molecular complexity index is 968. The summed E-state index contributed by atoms with van der Waals surface area (Å²) in [6.45, 7) is 4.72. The van der Waals surface area contributed by atoms with Gasteiger partial charge in [0.15, 0.2) is 0 Å². The molecule has 1 unspecified atom stereocenters. The molecule has 1 aliphatic carbocycles. The van der Waals surface area contributed by atoms with E-state index in [1.165, 1.54) is 30.6 Å². The fraction of sp³-hybridized carbons (Fsp3) is 0.429. The molecular formula is C21H23ClN2O2S. The van der Waals surface area contributed by atoms with Gasteiger partial charge in [-0.1, -0.05) is 24.9 Å². The summed E-state index contributed by atoms with van der Waals surface area (Å²) in [5.41, 5.74) is 3.56. The van der Waals surface area contributed by atoms with Gasteiger partial charge < -0.3 is 9.84 Å². The van der Waals surface area contributed by atoms with E-state index in [4.69, 9.17) is 16.3 Å². The molecule has 4 nitrogen and oxygen atoms in total. The maximum atomic E-state index is 10.2. The molecule has 0 spiro atoms. The Morgan fingerprint density at radius 2 is 2.11 bits per heavy atom. The molecule has 1 fully saturated rings. The lowest BCUT2D eigenvalue weighted by Gasteiger charge is -2.26. The van der Waals surface area contributed by atoms with Gasteiger partial charge in [-0.25, -0.2) is 9.97 Å². The van der Waals surface area contributed by atoms with Crippen LogP contribution in [-0.2, 0) is 0 Å². The van der Waals surface area contributed by atoms with Gasteiger partial charge in [-0.3, -0.25) is 0 Å². The molecule has 0 aliphatic heterocycles. The van der Waals surface area contributed by atoms with E-state index in [1.54, 1.807) is 6.33 Å². The molecule has 0 saturated heterocycles. The third-order valence-corrected chi connectivity index (χ3v) is 6.68. The highest BCUT2D eigenvalue weighted by atomic mass is 35.5. The average molecular weight is 403 g/mol. The van der Waals surface area contributed by atoms with E-state index in [0.29, 0.717) is 17.4 Å². The number of benzene rings is 1. The first-order chi connectivity index (χ1) is 13.1. The molecule has 1 atom stereocenters. The quantitative estimate of drug-likeness (QED) is 0.554. The minimum absolute atomic E-state index is 0.479. The Hall–Kier alpha value is -1.69. The highest BCUT2D eigenvalue weighted by Gasteiger charge is 2.22. The summed E-state index contributed by atoms with van der Waals surface area (Å²) >= 11 is 7.91. The van der Waals surface area contributed by atoms with Gasteiger partial charge >= 0.3 is 0 Å². The number of thiophene rings is 1. The summed E-state index contributed by atoms with van der Waals surface area (Å²) in [5, 5.41) is 10.9. The first-order valence-electron chi connectivity index (χ1n) is 9.42. The van der Waals surface area contributed by atoms with Gasteiger partial charge in [-0.15, -0.1) is 11.3 Å². The van der Waals surface area contributed by atoms with Crippen molar-refractivity contribution in [2.24, 2.45) is 5.92 Å². The second-order valence-corrected chi connectivity index (χ2v) is 8.74. The molecule has 0 amide bonds. The predicted molar refractivity (Wildman–Crippen MR) is 111 cm³/mol. The molecule has 1 N–H and O–H groups in total. The van der Waals surface area contributed by atoms with Gasteiger partial charge in [-0.2, -0.15) is 0 Å². The fourth-order valence-electron chi connectivity index (χ4n) is 3.39. The Morgan fingerprint density at radius 3 is 2.81 bits per heavy atom. The number of aryl methyl sites for hydroxylation is 1. The third-order valence-electron chi connectivity index (χ3n) is 5.23. The first kappa shape index (κ1) is 18.7. The van der Waals surface area contributed by atoms with Crippen molar-refractivity contribution in [3.63, 3.8) is 0 Å². The van der Waals surface area contributed by atoms with Crippen LogP contribution in [0, 0.1) is 12.8 Å². The molecule has 0 radical (unpaired) electrons. The summed E-state index contributed by atoms with van der Waals surface area (Å²) < 4.78 is 7.20. The van der Waals surface area contributed by atoms with Crippen LogP contribution in [0.1, 0.15) is 49.2 Å². The van der Waals surface area contributed by atoms with E-state index >= 15 is 0 Å². The van der Waals surface area contributed by atoms with Crippen molar-refractivity contribution >= 4 is 33.2 Å². The minimum atomic E-state index is -0.479. The van der Waals surface area contributed by atoms with Gasteiger partial charge in [0.2, 0.25) is 0 Å². The van der Waals surface area contributed by atoms with Gasteiger partial charge in [0.25, 0.3) is 0 Å². The monoisotopic (exact) mass is 402 g/mol. The molecule has 3 aromatic rings. The van der Waals surface area contributed by atoms with Crippen LogP contribution in [0.5, 0.6) is 5.75 Å². The molecule has 1 aromatic carbocycles. The van der Waals surface area contributed by atoms with Crippen molar-refractivity contribution in [3.05, 3.63) is 40.0 Å². The Morgan fingerprint density at radius 1 is 1.30 bits per heavy atom. The summed E-state index contributed by atoms with van der Waals surface area (Å²) in [5.74, 6) is 1.49. The zero-order valence-corrected chi connectivity index (χ0v) is 17.1. The number of nitrogens with zero attached hydrogens (tertiary/aromatic N) is 2. The molecule has 6 heteroatoms. The average Bonchev–Trinajstić information content (AvgIpc) is 3.05. The Balaban J connectivity index is 1.80. The molecule has 4 rings (SSSR count). The predicted octanol–water partition coefficient (Wildman–Crippen LogP) is 5.94. The zero-order valence-electron chi connectivity index (χ0n) is 15.5. The van der Waals surface area contributed by atoms with Crippen molar-refractivity contribution in [3.8, 4) is 17.0 Å². The SMILES string of the molecule is CCC(O)c1cc2ncnc(-c3cc(Cl)cc(C)c3OCC3CCC3)c2s1. The first-order valence-corrected chi connectivity index (χ1v) is 10.6. The second kappa shape index (κ2) is 7.74. The third kappa shape index (κ3) is 3.68. The van der Waals surface area contributed by atoms with Crippen LogP contribution in [0.4, 0.5) is 0 Å². The van der Waals surface area contributed by atoms with Crippen LogP contribution in [-0.4, -0.2) is 21.7 Å². The number of hydrogen-bond donors (Lipinski definition) is 1. The summed E-state index contributed by atoms with van der Waals surface area (Å²) in [7, 11) is 0. The molecule has 1 aliphatic rings. The number of halogens is 1. The van der Waals surface area contributed by atoms with Crippen LogP contribution in [0.2, 0.25) is 5.02 Å². The smallest absolute Gasteiger partial charge is 0.131 e. The summed E-state index contributed by atoms with van der Waals surface area (Å²) in [4.78, 5) is 9.86. The Labute approximate surface area is 168 Å². The van der Waals surface area contributed by atoms with Crippen molar-refractivity contribution < 1.29 is 9.84 Å².